The van der Waals surface area contributed by atoms with Gasteiger partial charge in [-0.05, 0) is 25.7 Å². The van der Waals surface area contributed by atoms with Crippen molar-refractivity contribution in [2.24, 2.45) is 0 Å². The minimum Gasteiger partial charge on any atom is -0.462 e. The third-order valence-corrected chi connectivity index (χ3v) is 16.0. The Labute approximate surface area is 486 Å². The highest BCUT2D eigenvalue weighted by Crippen LogP contribution is 2.45. The van der Waals surface area contributed by atoms with Crippen LogP contribution in [0.5, 0.6) is 0 Å². The number of hydrogen-bond acceptors (Lipinski definition) is 15. The van der Waals surface area contributed by atoms with Gasteiger partial charge in [0.1, 0.15) is 19.3 Å². The van der Waals surface area contributed by atoms with Crippen LogP contribution in [-0.4, -0.2) is 96.7 Å². The fourth-order valence-electron chi connectivity index (χ4n) is 9.10. The standard InChI is InChI=1S/C61H118O17P2/c1-5-9-13-17-21-25-27-28-32-36-40-44-48-61(66)78-57(52-72-59(64)46-42-38-34-31-26-22-18-14-10-6-2)54-76-80(69,70)74-50-55(62)49-73-79(67,68)75-53-56(77-60(65)47-43-39-35-30-24-20-16-12-8-4)51-71-58(63)45-41-37-33-29-23-19-15-11-7-3/h55-57,62H,5-54H2,1-4H3,(H,67,68)(H,69,70)/t55-,56+,57+/m0/s1. The van der Waals surface area contributed by atoms with E-state index in [4.69, 9.17) is 37.0 Å². The van der Waals surface area contributed by atoms with Crippen LogP contribution in [0.25, 0.3) is 0 Å². The van der Waals surface area contributed by atoms with E-state index in [0.29, 0.717) is 25.7 Å². The highest BCUT2D eigenvalue weighted by molar-refractivity contribution is 7.47. The maximum absolute atomic E-state index is 12.9. The Morgan fingerprint density at radius 1 is 0.300 bits per heavy atom. The maximum Gasteiger partial charge on any atom is 0.472 e. The first-order valence-electron chi connectivity index (χ1n) is 32.3. The molecule has 0 saturated carbocycles. The first-order chi connectivity index (χ1) is 38.7. The van der Waals surface area contributed by atoms with Gasteiger partial charge < -0.3 is 33.8 Å². The van der Waals surface area contributed by atoms with Gasteiger partial charge in [-0.15, -0.1) is 0 Å². The van der Waals surface area contributed by atoms with E-state index in [1.54, 1.807) is 0 Å². The second kappa shape index (κ2) is 56.2. The summed E-state index contributed by atoms with van der Waals surface area (Å²) in [5, 5.41) is 10.5. The van der Waals surface area contributed by atoms with Gasteiger partial charge in [-0.3, -0.25) is 37.3 Å². The Morgan fingerprint density at radius 3 is 0.738 bits per heavy atom. The predicted molar refractivity (Wildman–Crippen MR) is 317 cm³/mol. The highest BCUT2D eigenvalue weighted by atomic mass is 31.2. The number of ether oxygens (including phenoxy) is 4. The zero-order chi connectivity index (χ0) is 59.1. The molecule has 0 bridgehead atoms. The molecule has 2 unspecified atom stereocenters. The molecule has 0 aromatic carbocycles. The molecule has 80 heavy (non-hydrogen) atoms. The Morgan fingerprint density at radius 2 is 0.500 bits per heavy atom. The number of esters is 4. The van der Waals surface area contributed by atoms with E-state index in [2.05, 4.69) is 27.7 Å². The van der Waals surface area contributed by atoms with Crippen LogP contribution in [0, 0.1) is 0 Å². The van der Waals surface area contributed by atoms with Gasteiger partial charge in [0, 0.05) is 25.7 Å². The highest BCUT2D eigenvalue weighted by Gasteiger charge is 2.30. The van der Waals surface area contributed by atoms with Crippen LogP contribution in [0.1, 0.15) is 310 Å². The SMILES string of the molecule is CCCCCCCCCCCCCCC(=O)O[C@H](COC(=O)CCCCCCCCCCCC)COP(=O)(O)OC[C@@H](O)COP(=O)(O)OC[C@@H](COC(=O)CCCCCCCCCCC)OC(=O)CCCCCCCCCCC. The average molecular weight is 1190 g/mol. The molecular weight excluding hydrogens is 1070 g/mol. The molecule has 0 aliphatic rings. The zero-order valence-electron chi connectivity index (χ0n) is 51.0. The van der Waals surface area contributed by atoms with Crippen molar-refractivity contribution in [1.82, 2.24) is 0 Å². The minimum absolute atomic E-state index is 0.106. The van der Waals surface area contributed by atoms with E-state index in [-0.39, 0.29) is 25.7 Å². The van der Waals surface area contributed by atoms with Gasteiger partial charge in [-0.25, -0.2) is 9.13 Å². The van der Waals surface area contributed by atoms with Crippen LogP contribution in [0.4, 0.5) is 0 Å². The molecule has 0 fully saturated rings. The average Bonchev–Trinajstić information content (AvgIpc) is 3.43. The van der Waals surface area contributed by atoms with Crippen molar-refractivity contribution >= 4 is 39.5 Å². The summed E-state index contributed by atoms with van der Waals surface area (Å²) in [7, 11) is -9.87. The summed E-state index contributed by atoms with van der Waals surface area (Å²) in [6.45, 7) is 4.84. The zero-order valence-corrected chi connectivity index (χ0v) is 52.8. The Bertz CT molecular complexity index is 1550. The molecule has 0 aliphatic carbocycles. The number of carbonyl (C=O) groups is 4. The smallest absolute Gasteiger partial charge is 0.462 e. The van der Waals surface area contributed by atoms with Gasteiger partial charge in [-0.2, -0.15) is 0 Å². The number of phosphoric acid groups is 2. The van der Waals surface area contributed by atoms with Crippen molar-refractivity contribution in [3.63, 3.8) is 0 Å². The van der Waals surface area contributed by atoms with E-state index in [1.165, 1.54) is 141 Å². The quantitative estimate of drug-likeness (QED) is 0.0222. The molecule has 0 spiro atoms. The monoisotopic (exact) mass is 1180 g/mol. The molecule has 0 saturated heterocycles. The van der Waals surface area contributed by atoms with Crippen LogP contribution in [0.15, 0.2) is 0 Å². The molecule has 0 aliphatic heterocycles. The minimum atomic E-state index is -4.94. The molecule has 5 atom stereocenters. The molecule has 0 aromatic rings. The van der Waals surface area contributed by atoms with E-state index < -0.39 is 97.5 Å². The summed E-state index contributed by atoms with van der Waals surface area (Å²) in [5.41, 5.74) is 0. The lowest BCUT2D eigenvalue weighted by atomic mass is 10.0. The lowest BCUT2D eigenvalue weighted by Crippen LogP contribution is -2.30. The first-order valence-corrected chi connectivity index (χ1v) is 35.3. The molecule has 0 amide bonds. The fourth-order valence-corrected chi connectivity index (χ4v) is 10.7. The third-order valence-electron chi connectivity index (χ3n) is 14.1. The molecule has 474 valence electrons. The number of unbranched alkanes of at least 4 members (excludes halogenated alkanes) is 36. The first kappa shape index (κ1) is 78.1. The van der Waals surface area contributed by atoms with Crippen molar-refractivity contribution in [1.29, 1.82) is 0 Å². The number of aliphatic hydroxyl groups is 1. The fraction of sp³-hybridized carbons (Fsp3) is 0.934. The molecule has 3 N–H and O–H groups in total. The molecular formula is C61H118O17P2. The summed E-state index contributed by atoms with van der Waals surface area (Å²) in [4.78, 5) is 72.0. The molecule has 17 nitrogen and oxygen atoms in total. The van der Waals surface area contributed by atoms with Gasteiger partial charge in [0.2, 0.25) is 0 Å². The Kier molecular flexibility index (Phi) is 54.8. The largest absolute Gasteiger partial charge is 0.472 e. The van der Waals surface area contributed by atoms with Crippen LogP contribution in [-0.2, 0) is 65.4 Å². The van der Waals surface area contributed by atoms with Crippen LogP contribution < -0.4 is 0 Å². The second-order valence-electron chi connectivity index (χ2n) is 22.1. The predicted octanol–water partition coefficient (Wildman–Crippen LogP) is 16.8. The van der Waals surface area contributed by atoms with Gasteiger partial charge in [0.15, 0.2) is 12.2 Å². The number of aliphatic hydroxyl groups excluding tert-OH is 1. The summed E-state index contributed by atoms with van der Waals surface area (Å²) >= 11 is 0. The molecule has 19 heteroatoms. The van der Waals surface area contributed by atoms with Crippen molar-refractivity contribution in [2.45, 2.75) is 329 Å². The molecule has 0 radical (unpaired) electrons. The van der Waals surface area contributed by atoms with Crippen molar-refractivity contribution in [3.8, 4) is 0 Å². The van der Waals surface area contributed by atoms with Gasteiger partial charge in [-0.1, -0.05) is 259 Å². The number of carbonyl (C=O) groups excluding carboxylic acids is 4. The Balaban J connectivity index is 5.22. The lowest BCUT2D eigenvalue weighted by molar-refractivity contribution is -0.161. The normalized spacial score (nSPS) is 14.2. The topological polar surface area (TPSA) is 237 Å². The van der Waals surface area contributed by atoms with Crippen LogP contribution in [0.3, 0.4) is 0 Å². The lowest BCUT2D eigenvalue weighted by Gasteiger charge is -2.21. The Hall–Kier alpha value is -1.94. The van der Waals surface area contributed by atoms with E-state index in [9.17, 15) is 43.2 Å². The number of rotatable bonds is 62. The van der Waals surface area contributed by atoms with Crippen molar-refractivity contribution in [3.05, 3.63) is 0 Å². The van der Waals surface area contributed by atoms with E-state index in [0.717, 1.165) is 89.9 Å². The van der Waals surface area contributed by atoms with Gasteiger partial charge in [0.25, 0.3) is 0 Å². The summed E-state index contributed by atoms with van der Waals surface area (Å²) < 4.78 is 67.8. The molecule has 0 aromatic heterocycles. The van der Waals surface area contributed by atoms with Crippen molar-refractivity contribution < 1.29 is 80.2 Å². The van der Waals surface area contributed by atoms with Crippen LogP contribution >= 0.6 is 15.6 Å². The second-order valence-corrected chi connectivity index (χ2v) is 25.0. The van der Waals surface area contributed by atoms with E-state index in [1.807, 2.05) is 0 Å². The van der Waals surface area contributed by atoms with Gasteiger partial charge >= 0.3 is 39.5 Å². The summed E-state index contributed by atoms with van der Waals surface area (Å²) in [6.07, 6.45) is 40.2. The van der Waals surface area contributed by atoms with Gasteiger partial charge in [0.05, 0.1) is 26.4 Å². The summed E-state index contributed by atoms with van der Waals surface area (Å²) in [6, 6.07) is 0. The van der Waals surface area contributed by atoms with Crippen LogP contribution in [0.2, 0.25) is 0 Å². The third kappa shape index (κ3) is 55.3. The van der Waals surface area contributed by atoms with E-state index >= 15 is 0 Å². The molecule has 0 rings (SSSR count). The summed E-state index contributed by atoms with van der Waals surface area (Å²) in [5.74, 6) is -2.14. The van der Waals surface area contributed by atoms with Crippen molar-refractivity contribution in [2.75, 3.05) is 39.6 Å². The number of phosphoric ester groups is 2. The number of hydrogen-bond donors (Lipinski definition) is 3. The maximum atomic E-state index is 12.9. The molecule has 0 heterocycles.